The predicted molar refractivity (Wildman–Crippen MR) is 98.8 cm³/mol. The number of carbonyl (C=O) groups excluding carboxylic acids is 1. The van der Waals surface area contributed by atoms with Crippen molar-refractivity contribution in [3.8, 4) is 11.5 Å². The van der Waals surface area contributed by atoms with Crippen LogP contribution in [0.3, 0.4) is 0 Å². The number of hydrogen-bond acceptors (Lipinski definition) is 6. The van der Waals surface area contributed by atoms with Crippen molar-refractivity contribution < 1.29 is 28.0 Å². The monoisotopic (exact) mass is 410 g/mol. The van der Waals surface area contributed by atoms with E-state index in [4.69, 9.17) is 4.74 Å². The Kier molecular flexibility index (Phi) is 5.88. The number of nitrogens with zero attached hydrogens (tertiary/aromatic N) is 2. The van der Waals surface area contributed by atoms with E-state index in [-0.39, 0.29) is 17.2 Å². The molecule has 0 fully saturated rings. The molecule has 1 aromatic carbocycles. The summed E-state index contributed by atoms with van der Waals surface area (Å²) in [6, 6.07) is 4.01. The molecule has 1 aliphatic heterocycles. The standard InChI is InChI=1S/C18H16F2N2O5S/c1-26-14-8-11(13(22(24)25)9-15(14)27-18(19)20)2-3-17(23)21-6-4-16-12(10-21)5-7-28-16/h2-3,5,7-9,18H,4,6,10H2,1H3/b3-2+. The second kappa shape index (κ2) is 8.34. The number of benzene rings is 1. The molecule has 1 amide bonds. The Balaban J connectivity index is 1.84. The number of nitro benzene ring substituents is 1. The molecule has 28 heavy (non-hydrogen) atoms. The minimum absolute atomic E-state index is 0.0463. The van der Waals surface area contributed by atoms with E-state index in [2.05, 4.69) is 4.74 Å². The maximum Gasteiger partial charge on any atom is 0.387 e. The van der Waals surface area contributed by atoms with Crippen molar-refractivity contribution in [1.29, 1.82) is 0 Å². The number of methoxy groups -OCH3 is 1. The first kappa shape index (κ1) is 19.7. The van der Waals surface area contributed by atoms with Crippen LogP contribution in [0.1, 0.15) is 16.0 Å². The normalized spacial score (nSPS) is 13.6. The molecule has 0 spiro atoms. The molecular formula is C18H16F2N2O5S. The second-order valence-electron chi connectivity index (χ2n) is 5.91. The predicted octanol–water partition coefficient (Wildman–Crippen LogP) is 3.86. The first-order valence-electron chi connectivity index (χ1n) is 8.22. The largest absolute Gasteiger partial charge is 0.493 e. The van der Waals surface area contributed by atoms with Gasteiger partial charge in [-0.05, 0) is 35.6 Å². The highest BCUT2D eigenvalue weighted by atomic mass is 32.1. The van der Waals surface area contributed by atoms with Crippen LogP contribution in [0.4, 0.5) is 14.5 Å². The van der Waals surface area contributed by atoms with Gasteiger partial charge in [0.2, 0.25) is 5.91 Å². The van der Waals surface area contributed by atoms with E-state index >= 15 is 0 Å². The Morgan fingerprint density at radius 2 is 2.18 bits per heavy atom. The molecule has 0 radical (unpaired) electrons. The molecule has 0 aliphatic carbocycles. The summed E-state index contributed by atoms with van der Waals surface area (Å²) < 4.78 is 34.2. The van der Waals surface area contributed by atoms with Crippen LogP contribution < -0.4 is 9.47 Å². The van der Waals surface area contributed by atoms with Gasteiger partial charge in [-0.1, -0.05) is 0 Å². The van der Waals surface area contributed by atoms with Gasteiger partial charge in [-0.2, -0.15) is 8.78 Å². The third-order valence-electron chi connectivity index (χ3n) is 4.25. The maximum atomic E-state index is 12.5. The highest BCUT2D eigenvalue weighted by Crippen LogP contribution is 2.36. The first-order chi connectivity index (χ1) is 13.4. The summed E-state index contributed by atoms with van der Waals surface area (Å²) in [5.74, 6) is -0.842. The van der Waals surface area contributed by atoms with Crippen molar-refractivity contribution in [3.05, 3.63) is 55.8 Å². The highest BCUT2D eigenvalue weighted by molar-refractivity contribution is 7.10. The van der Waals surface area contributed by atoms with Crippen molar-refractivity contribution in [2.75, 3.05) is 13.7 Å². The number of rotatable bonds is 6. The number of hydrogen-bond donors (Lipinski definition) is 0. The number of halogens is 2. The highest BCUT2D eigenvalue weighted by Gasteiger charge is 2.22. The maximum absolute atomic E-state index is 12.5. The van der Waals surface area contributed by atoms with Gasteiger partial charge in [0.25, 0.3) is 5.69 Å². The number of carbonyl (C=O) groups is 1. The van der Waals surface area contributed by atoms with Gasteiger partial charge in [-0.15, -0.1) is 11.3 Å². The van der Waals surface area contributed by atoms with Crippen LogP contribution in [-0.2, 0) is 17.8 Å². The smallest absolute Gasteiger partial charge is 0.387 e. The zero-order valence-corrected chi connectivity index (χ0v) is 15.6. The summed E-state index contributed by atoms with van der Waals surface area (Å²) >= 11 is 1.65. The van der Waals surface area contributed by atoms with Gasteiger partial charge in [0.1, 0.15) is 0 Å². The Hall–Kier alpha value is -3.01. The Morgan fingerprint density at radius 3 is 2.86 bits per heavy atom. The number of nitro groups is 1. The van der Waals surface area contributed by atoms with E-state index in [0.717, 1.165) is 18.1 Å². The molecule has 1 aliphatic rings. The van der Waals surface area contributed by atoms with E-state index < -0.39 is 23.0 Å². The lowest BCUT2D eigenvalue weighted by Gasteiger charge is -2.25. The van der Waals surface area contributed by atoms with E-state index in [1.54, 1.807) is 16.2 Å². The summed E-state index contributed by atoms with van der Waals surface area (Å²) in [4.78, 5) is 25.9. The van der Waals surface area contributed by atoms with Gasteiger partial charge < -0.3 is 14.4 Å². The third-order valence-corrected chi connectivity index (χ3v) is 5.27. The fraction of sp³-hybridized carbons (Fsp3) is 0.278. The van der Waals surface area contributed by atoms with Gasteiger partial charge >= 0.3 is 6.61 Å². The van der Waals surface area contributed by atoms with Crippen molar-refractivity contribution in [1.82, 2.24) is 4.90 Å². The van der Waals surface area contributed by atoms with Gasteiger partial charge in [0, 0.05) is 24.0 Å². The number of fused-ring (bicyclic) bond motifs is 1. The quantitative estimate of drug-likeness (QED) is 0.410. The SMILES string of the molecule is COc1cc(/C=C/C(=O)N2CCc3sccc3C2)c([N+](=O)[O-])cc1OC(F)F. The van der Waals surface area contributed by atoms with Crippen molar-refractivity contribution in [2.45, 2.75) is 19.6 Å². The van der Waals surface area contributed by atoms with Gasteiger partial charge in [-0.3, -0.25) is 14.9 Å². The Labute approximate surface area is 162 Å². The van der Waals surface area contributed by atoms with E-state index in [0.29, 0.717) is 13.1 Å². The van der Waals surface area contributed by atoms with Gasteiger partial charge in [-0.25, -0.2) is 0 Å². The lowest BCUT2D eigenvalue weighted by Crippen LogP contribution is -2.34. The molecule has 148 valence electrons. The molecule has 0 unspecified atom stereocenters. The number of amides is 1. The second-order valence-corrected chi connectivity index (χ2v) is 6.91. The summed E-state index contributed by atoms with van der Waals surface area (Å²) in [5.41, 5.74) is 0.670. The van der Waals surface area contributed by atoms with E-state index in [9.17, 15) is 23.7 Å². The molecule has 7 nitrogen and oxygen atoms in total. The topological polar surface area (TPSA) is 81.9 Å². The molecule has 10 heteroatoms. The molecule has 1 aromatic heterocycles. The third kappa shape index (κ3) is 4.28. The number of ether oxygens (including phenoxy) is 2. The Morgan fingerprint density at radius 1 is 1.39 bits per heavy atom. The van der Waals surface area contributed by atoms with Crippen LogP contribution in [0.15, 0.2) is 29.7 Å². The minimum Gasteiger partial charge on any atom is -0.493 e. The summed E-state index contributed by atoms with van der Waals surface area (Å²) in [5, 5.41) is 13.3. The van der Waals surface area contributed by atoms with Crippen LogP contribution in [0, 0.1) is 10.1 Å². The molecule has 0 N–H and O–H groups in total. The van der Waals surface area contributed by atoms with Crippen LogP contribution in [0.2, 0.25) is 0 Å². The molecule has 2 heterocycles. The molecule has 3 rings (SSSR count). The average molecular weight is 410 g/mol. The molecule has 0 saturated heterocycles. The Bertz CT molecular complexity index is 929. The van der Waals surface area contributed by atoms with E-state index in [1.165, 1.54) is 30.2 Å². The summed E-state index contributed by atoms with van der Waals surface area (Å²) in [7, 11) is 1.23. The van der Waals surface area contributed by atoms with Crippen LogP contribution >= 0.6 is 11.3 Å². The van der Waals surface area contributed by atoms with Crippen LogP contribution in [-0.4, -0.2) is 36.0 Å². The average Bonchev–Trinajstić information content (AvgIpc) is 3.13. The summed E-state index contributed by atoms with van der Waals surface area (Å²) in [6.07, 6.45) is 3.27. The number of thiophene rings is 1. The fourth-order valence-electron chi connectivity index (χ4n) is 2.91. The van der Waals surface area contributed by atoms with Crippen molar-refractivity contribution in [2.24, 2.45) is 0 Å². The van der Waals surface area contributed by atoms with E-state index in [1.807, 2.05) is 11.4 Å². The summed E-state index contributed by atoms with van der Waals surface area (Å²) in [6.45, 7) is -2.12. The number of alkyl halides is 2. The van der Waals surface area contributed by atoms with Crippen LogP contribution in [0.5, 0.6) is 11.5 Å². The molecule has 2 aromatic rings. The van der Waals surface area contributed by atoms with Crippen molar-refractivity contribution in [3.63, 3.8) is 0 Å². The fourth-order valence-corrected chi connectivity index (χ4v) is 3.80. The zero-order chi connectivity index (χ0) is 20.3. The molecule has 0 atom stereocenters. The minimum atomic E-state index is -3.16. The molecule has 0 bridgehead atoms. The first-order valence-corrected chi connectivity index (χ1v) is 9.10. The van der Waals surface area contributed by atoms with Crippen molar-refractivity contribution >= 4 is 29.0 Å². The molecular weight excluding hydrogens is 394 g/mol. The lowest BCUT2D eigenvalue weighted by molar-refractivity contribution is -0.385. The van der Waals surface area contributed by atoms with Gasteiger partial charge in [0.05, 0.1) is 23.7 Å². The lowest BCUT2D eigenvalue weighted by atomic mass is 10.1. The molecule has 0 saturated carbocycles. The van der Waals surface area contributed by atoms with Gasteiger partial charge in [0.15, 0.2) is 11.5 Å². The zero-order valence-electron chi connectivity index (χ0n) is 14.8. The van der Waals surface area contributed by atoms with Crippen LogP contribution in [0.25, 0.3) is 6.08 Å².